The average molecular weight is 259 g/mol. The Labute approximate surface area is 113 Å². The molecule has 0 radical (unpaired) electrons. The molecule has 0 aliphatic carbocycles. The van der Waals surface area contributed by atoms with Crippen molar-refractivity contribution >= 4 is 0 Å². The van der Waals surface area contributed by atoms with Gasteiger partial charge in [-0.2, -0.15) is 0 Å². The maximum Gasteiger partial charge on any atom is 0.133 e. The summed E-state index contributed by atoms with van der Waals surface area (Å²) in [5.74, 6) is 0.986. The fourth-order valence-electron chi connectivity index (χ4n) is 1.96. The summed E-state index contributed by atoms with van der Waals surface area (Å²) in [4.78, 5) is 0. The molecule has 2 aromatic carbocycles. The molecule has 2 N–H and O–H groups in total. The third-order valence-electron chi connectivity index (χ3n) is 3.00. The van der Waals surface area contributed by atoms with E-state index in [0.717, 1.165) is 28.9 Å². The molecule has 19 heavy (non-hydrogen) atoms. The van der Waals surface area contributed by atoms with Gasteiger partial charge < -0.3 is 10.5 Å². The summed E-state index contributed by atoms with van der Waals surface area (Å²) in [5.41, 5.74) is 8.72. The van der Waals surface area contributed by atoms with E-state index in [4.69, 9.17) is 10.5 Å². The smallest absolute Gasteiger partial charge is 0.133 e. The van der Waals surface area contributed by atoms with Gasteiger partial charge in [0, 0.05) is 6.07 Å². The first-order chi connectivity index (χ1) is 9.10. The lowest BCUT2D eigenvalue weighted by Crippen LogP contribution is -2.04. The molecule has 0 bridgehead atoms. The van der Waals surface area contributed by atoms with Crippen molar-refractivity contribution < 1.29 is 9.13 Å². The summed E-state index contributed by atoms with van der Waals surface area (Å²) in [7, 11) is 0. The van der Waals surface area contributed by atoms with Crippen LogP contribution < -0.4 is 10.5 Å². The van der Waals surface area contributed by atoms with Crippen LogP contribution in [0.2, 0.25) is 0 Å². The lowest BCUT2D eigenvalue weighted by molar-refractivity contribution is 0.467. The zero-order valence-electron chi connectivity index (χ0n) is 11.2. The van der Waals surface area contributed by atoms with E-state index in [1.807, 2.05) is 26.0 Å². The molecule has 0 aromatic heterocycles. The standard InChI is InChI=1S/C16H18FNO/c1-11-3-6-15(13(9-11)7-8-18)19-16-10-14(17)5-4-12(16)2/h3-6,9-10H,7-8,18H2,1-2H3. The van der Waals surface area contributed by atoms with Crippen molar-refractivity contribution in [2.45, 2.75) is 20.3 Å². The van der Waals surface area contributed by atoms with E-state index in [-0.39, 0.29) is 5.82 Å². The van der Waals surface area contributed by atoms with Crippen molar-refractivity contribution in [1.82, 2.24) is 0 Å². The number of benzene rings is 2. The van der Waals surface area contributed by atoms with Crippen molar-refractivity contribution in [3.8, 4) is 11.5 Å². The lowest BCUT2D eigenvalue weighted by atomic mass is 10.1. The van der Waals surface area contributed by atoms with Gasteiger partial charge in [0.05, 0.1) is 0 Å². The molecule has 0 saturated carbocycles. The minimum absolute atomic E-state index is 0.298. The van der Waals surface area contributed by atoms with Gasteiger partial charge in [0.15, 0.2) is 0 Å². The van der Waals surface area contributed by atoms with E-state index in [1.54, 1.807) is 6.07 Å². The number of aryl methyl sites for hydroxylation is 2. The monoisotopic (exact) mass is 259 g/mol. The summed E-state index contributed by atoms with van der Waals surface area (Å²) >= 11 is 0. The highest BCUT2D eigenvalue weighted by atomic mass is 19.1. The Morgan fingerprint density at radius 2 is 1.84 bits per heavy atom. The van der Waals surface area contributed by atoms with Crippen molar-refractivity contribution in [2.75, 3.05) is 6.54 Å². The van der Waals surface area contributed by atoms with E-state index in [1.165, 1.54) is 12.1 Å². The minimum atomic E-state index is -0.298. The molecular formula is C16H18FNO. The maximum atomic E-state index is 13.3. The third-order valence-corrected chi connectivity index (χ3v) is 3.00. The zero-order chi connectivity index (χ0) is 13.8. The molecular weight excluding hydrogens is 241 g/mol. The molecule has 0 heterocycles. The fraction of sp³-hybridized carbons (Fsp3) is 0.250. The third kappa shape index (κ3) is 3.32. The van der Waals surface area contributed by atoms with Gasteiger partial charge >= 0.3 is 0 Å². The quantitative estimate of drug-likeness (QED) is 0.907. The predicted molar refractivity (Wildman–Crippen MR) is 75.1 cm³/mol. The van der Waals surface area contributed by atoms with E-state index in [0.29, 0.717) is 12.3 Å². The first-order valence-electron chi connectivity index (χ1n) is 6.34. The average Bonchev–Trinajstić information content (AvgIpc) is 2.37. The van der Waals surface area contributed by atoms with Crippen LogP contribution in [0.4, 0.5) is 4.39 Å². The van der Waals surface area contributed by atoms with Gasteiger partial charge in [-0.15, -0.1) is 0 Å². The van der Waals surface area contributed by atoms with Gasteiger partial charge in [-0.1, -0.05) is 23.8 Å². The van der Waals surface area contributed by atoms with E-state index >= 15 is 0 Å². The van der Waals surface area contributed by atoms with Crippen LogP contribution in [0.1, 0.15) is 16.7 Å². The number of hydrogen-bond donors (Lipinski definition) is 1. The molecule has 3 heteroatoms. The molecule has 2 nitrogen and oxygen atoms in total. The van der Waals surface area contributed by atoms with Gasteiger partial charge in [0.1, 0.15) is 17.3 Å². The van der Waals surface area contributed by atoms with Crippen LogP contribution in [0.15, 0.2) is 36.4 Å². The predicted octanol–water partition coefficient (Wildman–Crippen LogP) is 3.74. The summed E-state index contributed by atoms with van der Waals surface area (Å²) in [5, 5.41) is 0. The Kier molecular flexibility index (Phi) is 4.17. The van der Waals surface area contributed by atoms with Crippen LogP contribution in [0.25, 0.3) is 0 Å². The second kappa shape index (κ2) is 5.85. The molecule has 2 rings (SSSR count). The van der Waals surface area contributed by atoms with Crippen LogP contribution in [-0.4, -0.2) is 6.54 Å². The van der Waals surface area contributed by atoms with Crippen LogP contribution >= 0.6 is 0 Å². The highest BCUT2D eigenvalue weighted by molar-refractivity contribution is 5.42. The van der Waals surface area contributed by atoms with Gasteiger partial charge in [-0.25, -0.2) is 4.39 Å². The van der Waals surface area contributed by atoms with E-state index in [2.05, 4.69) is 6.07 Å². The van der Waals surface area contributed by atoms with Crippen LogP contribution in [0.5, 0.6) is 11.5 Å². The summed E-state index contributed by atoms with van der Waals surface area (Å²) in [6.07, 6.45) is 0.741. The minimum Gasteiger partial charge on any atom is -0.457 e. The molecule has 0 unspecified atom stereocenters. The van der Waals surface area contributed by atoms with Crippen molar-refractivity contribution in [3.63, 3.8) is 0 Å². The van der Waals surface area contributed by atoms with Crippen molar-refractivity contribution in [1.29, 1.82) is 0 Å². The maximum absolute atomic E-state index is 13.3. The molecule has 0 aliphatic heterocycles. The Morgan fingerprint density at radius 3 is 2.58 bits per heavy atom. The second-order valence-corrected chi connectivity index (χ2v) is 4.66. The van der Waals surface area contributed by atoms with Gasteiger partial charge in [-0.3, -0.25) is 0 Å². The first kappa shape index (κ1) is 13.6. The largest absolute Gasteiger partial charge is 0.457 e. The highest BCUT2D eigenvalue weighted by Crippen LogP contribution is 2.29. The van der Waals surface area contributed by atoms with Gasteiger partial charge in [0.2, 0.25) is 0 Å². The van der Waals surface area contributed by atoms with Gasteiger partial charge in [-0.05, 0) is 50.1 Å². The van der Waals surface area contributed by atoms with Gasteiger partial charge in [0.25, 0.3) is 0 Å². The number of ether oxygens (including phenoxy) is 1. The van der Waals surface area contributed by atoms with Crippen LogP contribution in [0, 0.1) is 19.7 Å². The Morgan fingerprint density at radius 1 is 1.05 bits per heavy atom. The summed E-state index contributed by atoms with van der Waals surface area (Å²) in [6.45, 7) is 4.48. The number of hydrogen-bond acceptors (Lipinski definition) is 2. The number of nitrogens with two attached hydrogens (primary N) is 1. The lowest BCUT2D eigenvalue weighted by Gasteiger charge is -2.13. The topological polar surface area (TPSA) is 35.2 Å². The van der Waals surface area contributed by atoms with Crippen LogP contribution in [0.3, 0.4) is 0 Å². The molecule has 0 atom stereocenters. The molecule has 0 aliphatic rings. The fourth-order valence-corrected chi connectivity index (χ4v) is 1.96. The molecule has 2 aromatic rings. The Bertz CT molecular complexity index is 581. The second-order valence-electron chi connectivity index (χ2n) is 4.66. The molecule has 0 amide bonds. The number of halogens is 1. The van der Waals surface area contributed by atoms with E-state index < -0.39 is 0 Å². The van der Waals surface area contributed by atoms with Crippen molar-refractivity contribution in [2.24, 2.45) is 5.73 Å². The SMILES string of the molecule is Cc1ccc(Oc2cc(F)ccc2C)c(CCN)c1. The molecule has 0 fully saturated rings. The molecule has 0 spiro atoms. The Balaban J connectivity index is 2.34. The normalized spacial score (nSPS) is 10.5. The molecule has 100 valence electrons. The summed E-state index contributed by atoms with van der Waals surface area (Å²) in [6, 6.07) is 10.5. The zero-order valence-corrected chi connectivity index (χ0v) is 11.2. The summed E-state index contributed by atoms with van der Waals surface area (Å²) < 4.78 is 19.1. The highest BCUT2D eigenvalue weighted by Gasteiger charge is 2.08. The van der Waals surface area contributed by atoms with Crippen LogP contribution in [-0.2, 0) is 6.42 Å². The first-order valence-corrected chi connectivity index (χ1v) is 6.34. The number of rotatable bonds is 4. The molecule has 0 saturated heterocycles. The van der Waals surface area contributed by atoms with E-state index in [9.17, 15) is 4.39 Å². The Hall–Kier alpha value is -1.87. The van der Waals surface area contributed by atoms with Crippen molar-refractivity contribution in [3.05, 3.63) is 58.9 Å².